The van der Waals surface area contributed by atoms with Crippen molar-refractivity contribution >= 4 is 5.91 Å². The second kappa shape index (κ2) is 19.9. The first-order valence-electron chi connectivity index (χ1n) is 10.7. The molecular weight excluding hydrogens is 422 g/mol. The Balaban J connectivity index is 1.90. The third kappa shape index (κ3) is 13.6. The van der Waals surface area contributed by atoms with Crippen molar-refractivity contribution in [2.45, 2.75) is 6.42 Å². The number of methoxy groups -OCH3 is 1. The quantitative estimate of drug-likeness (QED) is 0.237. The number of hydrogen-bond donors (Lipinski definition) is 2. The molecule has 10 nitrogen and oxygen atoms in total. The van der Waals surface area contributed by atoms with Crippen LogP contribution in [-0.2, 0) is 34.8 Å². The molecule has 1 rings (SSSR count). The molecule has 1 aromatic carbocycles. The van der Waals surface area contributed by atoms with E-state index in [1.165, 1.54) is 0 Å². The summed E-state index contributed by atoms with van der Waals surface area (Å²) in [7, 11) is 1.56. The summed E-state index contributed by atoms with van der Waals surface area (Å²) in [6.45, 7) is 5.53. The zero-order valence-corrected chi connectivity index (χ0v) is 18.9. The summed E-state index contributed by atoms with van der Waals surface area (Å²) >= 11 is 0. The van der Waals surface area contributed by atoms with Crippen LogP contribution >= 0.6 is 0 Å². The minimum absolute atomic E-state index is 0.0209. The highest BCUT2D eigenvalue weighted by Gasteiger charge is 2.12. The van der Waals surface area contributed by atoms with Gasteiger partial charge in [-0.1, -0.05) is 6.07 Å². The number of hydrogen-bond acceptors (Lipinski definition) is 9. The fourth-order valence-electron chi connectivity index (χ4n) is 2.69. The lowest BCUT2D eigenvalue weighted by Gasteiger charge is -2.12. The van der Waals surface area contributed by atoms with Crippen LogP contribution in [-0.4, -0.2) is 104 Å². The molecule has 0 aliphatic carbocycles. The van der Waals surface area contributed by atoms with Crippen molar-refractivity contribution in [1.29, 1.82) is 0 Å². The Morgan fingerprint density at radius 2 is 1.19 bits per heavy atom. The van der Waals surface area contributed by atoms with E-state index in [9.17, 15) is 4.79 Å². The van der Waals surface area contributed by atoms with Gasteiger partial charge >= 0.3 is 0 Å². The maximum absolute atomic E-state index is 11.6. The van der Waals surface area contributed by atoms with Crippen molar-refractivity contribution in [2.75, 3.05) is 93.0 Å². The molecular formula is C22H37NO9. The third-order valence-electron chi connectivity index (χ3n) is 4.21. The molecule has 0 heterocycles. The molecule has 0 atom stereocenters. The molecule has 0 fully saturated rings. The van der Waals surface area contributed by atoms with Gasteiger partial charge in [0.2, 0.25) is 5.91 Å². The van der Waals surface area contributed by atoms with E-state index in [-0.39, 0.29) is 6.61 Å². The first-order chi connectivity index (χ1) is 15.7. The minimum atomic E-state index is -0.485. The predicted molar refractivity (Wildman–Crippen MR) is 117 cm³/mol. The molecule has 32 heavy (non-hydrogen) atoms. The highest BCUT2D eigenvalue weighted by atomic mass is 16.6. The van der Waals surface area contributed by atoms with Crippen LogP contribution in [0.1, 0.15) is 15.9 Å². The lowest BCUT2D eigenvalue weighted by Crippen LogP contribution is -2.16. The monoisotopic (exact) mass is 459 g/mol. The van der Waals surface area contributed by atoms with Crippen LogP contribution in [0.5, 0.6) is 5.75 Å². The van der Waals surface area contributed by atoms with Crippen molar-refractivity contribution in [3.05, 3.63) is 29.3 Å². The largest absolute Gasteiger partial charge is 0.496 e. The van der Waals surface area contributed by atoms with Crippen molar-refractivity contribution in [3.8, 4) is 5.75 Å². The first-order valence-corrected chi connectivity index (χ1v) is 10.7. The van der Waals surface area contributed by atoms with Crippen molar-refractivity contribution in [2.24, 2.45) is 5.73 Å². The summed E-state index contributed by atoms with van der Waals surface area (Å²) in [5, 5.41) is 8.55. The molecule has 0 saturated carbocycles. The number of aliphatic hydroxyl groups is 1. The number of nitrogens with two attached hydrogens (primary N) is 1. The van der Waals surface area contributed by atoms with Gasteiger partial charge in [0.1, 0.15) is 5.75 Å². The van der Waals surface area contributed by atoms with Crippen LogP contribution in [0.4, 0.5) is 0 Å². The standard InChI is InChI=1S/C22H37NO9/c1-26-21-4-2-3-20(22(23)25)19(21)5-7-27-9-11-29-13-15-31-17-18-32-16-14-30-12-10-28-8-6-24/h2-4,24H,5-18H2,1H3,(H2,23,25). The van der Waals surface area contributed by atoms with E-state index in [4.69, 9.17) is 44.0 Å². The molecule has 1 aromatic rings. The van der Waals surface area contributed by atoms with Gasteiger partial charge in [-0.05, 0) is 12.1 Å². The number of ether oxygens (including phenoxy) is 7. The summed E-state index contributed by atoms with van der Waals surface area (Å²) in [4.78, 5) is 11.6. The Morgan fingerprint density at radius 3 is 1.59 bits per heavy atom. The van der Waals surface area contributed by atoms with Gasteiger partial charge in [0.05, 0.1) is 93.0 Å². The average molecular weight is 460 g/mol. The Kier molecular flexibility index (Phi) is 17.5. The number of benzene rings is 1. The number of primary amides is 1. The molecule has 3 N–H and O–H groups in total. The number of rotatable bonds is 22. The molecule has 0 aliphatic rings. The lowest BCUT2D eigenvalue weighted by molar-refractivity contribution is -0.0180. The molecule has 1 amide bonds. The van der Waals surface area contributed by atoms with Gasteiger partial charge in [0.25, 0.3) is 0 Å². The third-order valence-corrected chi connectivity index (χ3v) is 4.21. The first kappa shape index (κ1) is 28.2. The van der Waals surface area contributed by atoms with E-state index in [1.54, 1.807) is 25.3 Å². The van der Waals surface area contributed by atoms with E-state index in [1.807, 2.05) is 0 Å². The minimum Gasteiger partial charge on any atom is -0.496 e. The highest BCUT2D eigenvalue weighted by molar-refractivity contribution is 5.95. The molecule has 10 heteroatoms. The smallest absolute Gasteiger partial charge is 0.249 e. The number of aliphatic hydroxyl groups excluding tert-OH is 1. The molecule has 0 spiro atoms. The average Bonchev–Trinajstić information content (AvgIpc) is 2.80. The van der Waals surface area contributed by atoms with Gasteiger partial charge in [-0.15, -0.1) is 0 Å². The van der Waals surface area contributed by atoms with E-state index in [2.05, 4.69) is 0 Å². The number of carbonyl (C=O) groups is 1. The SMILES string of the molecule is COc1cccc(C(N)=O)c1CCOCCOCCOCCOCCOCCOCCO. The van der Waals surface area contributed by atoms with Gasteiger partial charge in [-0.3, -0.25) is 4.79 Å². The van der Waals surface area contributed by atoms with Crippen molar-refractivity contribution in [1.82, 2.24) is 0 Å². The van der Waals surface area contributed by atoms with Gasteiger partial charge in [0, 0.05) is 17.5 Å². The summed E-state index contributed by atoms with van der Waals surface area (Å²) in [6, 6.07) is 5.21. The molecule has 0 bridgehead atoms. The van der Waals surface area contributed by atoms with Crippen LogP contribution in [0.15, 0.2) is 18.2 Å². The maximum Gasteiger partial charge on any atom is 0.249 e. The van der Waals surface area contributed by atoms with E-state index >= 15 is 0 Å². The summed E-state index contributed by atoms with van der Waals surface area (Å²) in [6.07, 6.45) is 0.522. The molecule has 0 aromatic heterocycles. The fourth-order valence-corrected chi connectivity index (χ4v) is 2.69. The van der Waals surface area contributed by atoms with Gasteiger partial charge in [0.15, 0.2) is 0 Å². The van der Waals surface area contributed by atoms with E-state index < -0.39 is 5.91 Å². The second-order valence-corrected chi connectivity index (χ2v) is 6.50. The van der Waals surface area contributed by atoms with Gasteiger partial charge in [-0.2, -0.15) is 0 Å². The zero-order valence-electron chi connectivity index (χ0n) is 18.9. The molecule has 0 saturated heterocycles. The lowest BCUT2D eigenvalue weighted by atomic mass is 10.0. The van der Waals surface area contributed by atoms with Gasteiger partial charge < -0.3 is 44.0 Å². The molecule has 0 unspecified atom stereocenters. The Hall–Kier alpha value is -1.79. The number of carbonyl (C=O) groups excluding carboxylic acids is 1. The Labute approximate surface area is 189 Å². The van der Waals surface area contributed by atoms with Crippen LogP contribution in [0.25, 0.3) is 0 Å². The van der Waals surface area contributed by atoms with Crippen LogP contribution in [0, 0.1) is 0 Å². The topological polar surface area (TPSA) is 128 Å². The van der Waals surface area contributed by atoms with Crippen LogP contribution < -0.4 is 10.5 Å². The van der Waals surface area contributed by atoms with E-state index in [0.29, 0.717) is 97.0 Å². The molecule has 0 aliphatic heterocycles. The van der Waals surface area contributed by atoms with Crippen molar-refractivity contribution < 1.29 is 43.1 Å². The highest BCUT2D eigenvalue weighted by Crippen LogP contribution is 2.22. The Morgan fingerprint density at radius 1 is 0.750 bits per heavy atom. The zero-order chi connectivity index (χ0) is 23.3. The maximum atomic E-state index is 11.6. The Bertz CT molecular complexity index is 601. The predicted octanol–water partition coefficient (Wildman–Crippen LogP) is 0.429. The van der Waals surface area contributed by atoms with E-state index in [0.717, 1.165) is 5.56 Å². The second-order valence-electron chi connectivity index (χ2n) is 6.50. The summed E-state index contributed by atoms with van der Waals surface area (Å²) in [5.74, 6) is 0.139. The van der Waals surface area contributed by atoms with Crippen LogP contribution in [0.2, 0.25) is 0 Å². The van der Waals surface area contributed by atoms with Crippen LogP contribution in [0.3, 0.4) is 0 Å². The normalized spacial score (nSPS) is 11.1. The fraction of sp³-hybridized carbons (Fsp3) is 0.682. The summed E-state index contributed by atoms with van der Waals surface area (Å²) in [5.41, 5.74) is 6.62. The summed E-state index contributed by atoms with van der Waals surface area (Å²) < 4.78 is 37.5. The van der Waals surface area contributed by atoms with Crippen molar-refractivity contribution in [3.63, 3.8) is 0 Å². The molecule has 0 radical (unpaired) electrons. The van der Waals surface area contributed by atoms with Gasteiger partial charge in [-0.25, -0.2) is 0 Å². The molecule has 184 valence electrons. The number of amides is 1.